The van der Waals surface area contributed by atoms with Crippen molar-refractivity contribution in [3.8, 4) is 17.0 Å². The van der Waals surface area contributed by atoms with Crippen LogP contribution >= 0.6 is 0 Å². The Bertz CT molecular complexity index is 1060. The minimum Gasteiger partial charge on any atom is -0.507 e. The maximum atomic E-state index is 11.7. The molecule has 2 N–H and O–H groups in total. The van der Waals surface area contributed by atoms with Crippen LogP contribution in [0.4, 0.5) is 5.95 Å². The highest BCUT2D eigenvalue weighted by atomic mass is 16.4. The molecule has 3 heterocycles. The van der Waals surface area contributed by atoms with Crippen LogP contribution < -0.4 is 16.0 Å². The lowest BCUT2D eigenvalue weighted by Crippen LogP contribution is -2.45. The summed E-state index contributed by atoms with van der Waals surface area (Å²) in [7, 11) is 1.58. The second-order valence-electron chi connectivity index (χ2n) is 8.23. The number of nitrogens with one attached hydrogen (secondary N) is 1. The van der Waals surface area contributed by atoms with E-state index in [2.05, 4.69) is 46.2 Å². The third-order valence-electron chi connectivity index (χ3n) is 4.84. The number of aromatic hydroxyl groups is 1. The van der Waals surface area contributed by atoms with Crippen LogP contribution in [-0.4, -0.2) is 49.5 Å². The zero-order valence-electron chi connectivity index (χ0n) is 16.4. The number of anilines is 1. The summed E-state index contributed by atoms with van der Waals surface area (Å²) in [6, 6.07) is 3.45. The van der Waals surface area contributed by atoms with E-state index in [0.717, 1.165) is 19.5 Å². The number of aryl methyl sites for hydroxylation is 1. The molecule has 1 atom stereocenters. The summed E-state index contributed by atoms with van der Waals surface area (Å²) in [6.45, 7) is 8.15. The first-order valence-corrected chi connectivity index (χ1v) is 9.26. The summed E-state index contributed by atoms with van der Waals surface area (Å²) in [4.78, 5) is 18.2. The summed E-state index contributed by atoms with van der Waals surface area (Å²) in [5.41, 5.74) is 1.78. The number of hydrogen-bond acceptors (Lipinski definition) is 8. The van der Waals surface area contributed by atoms with Crippen molar-refractivity contribution < 1.29 is 9.52 Å². The molecule has 9 heteroatoms. The Hall–Kier alpha value is -2.94. The lowest BCUT2D eigenvalue weighted by molar-refractivity contribution is 0.373. The van der Waals surface area contributed by atoms with Crippen molar-refractivity contribution in [1.29, 1.82) is 0 Å². The van der Waals surface area contributed by atoms with Crippen LogP contribution in [-0.2, 0) is 7.05 Å². The van der Waals surface area contributed by atoms with Crippen molar-refractivity contribution in [1.82, 2.24) is 25.1 Å². The Morgan fingerprint density at radius 2 is 2.07 bits per heavy atom. The molecule has 0 bridgehead atoms. The third-order valence-corrected chi connectivity index (χ3v) is 4.84. The van der Waals surface area contributed by atoms with E-state index in [1.807, 2.05) is 0 Å². The highest BCUT2D eigenvalue weighted by Gasteiger charge is 2.27. The molecule has 3 aromatic rings. The highest BCUT2D eigenvalue weighted by molar-refractivity contribution is 5.83. The quantitative estimate of drug-likeness (QED) is 0.702. The van der Waals surface area contributed by atoms with Crippen molar-refractivity contribution in [2.45, 2.75) is 38.8 Å². The molecule has 4 rings (SSSR count). The Labute approximate surface area is 162 Å². The van der Waals surface area contributed by atoms with Gasteiger partial charge in [-0.05, 0) is 33.3 Å². The van der Waals surface area contributed by atoms with Crippen LogP contribution in [0.25, 0.3) is 22.4 Å². The average Bonchev–Trinajstić information content (AvgIpc) is 3.19. The van der Waals surface area contributed by atoms with Gasteiger partial charge in [0.05, 0.1) is 11.7 Å². The molecule has 1 fully saturated rings. The molecular weight excluding hydrogens is 360 g/mol. The summed E-state index contributed by atoms with van der Waals surface area (Å²) in [5.74, 6) is 0.0655. The fraction of sp³-hybridized carbons (Fsp3) is 0.474. The largest absolute Gasteiger partial charge is 0.507 e. The van der Waals surface area contributed by atoms with Crippen LogP contribution in [0.1, 0.15) is 27.2 Å². The Balaban J connectivity index is 1.56. The van der Waals surface area contributed by atoms with Gasteiger partial charge in [-0.3, -0.25) is 4.57 Å². The van der Waals surface area contributed by atoms with Crippen LogP contribution in [0, 0.1) is 0 Å². The first-order valence-electron chi connectivity index (χ1n) is 9.26. The number of nitrogens with zero attached hydrogens (tertiary/aromatic N) is 5. The molecule has 0 aliphatic carbocycles. The SMILES string of the molecule is Cn1c(=O)oc2cc(-c3cnc(N4CCC(NC(C)(C)C)C4)nn3)c(O)cc21. The minimum atomic E-state index is -0.487. The number of rotatable bonds is 3. The number of oxazole rings is 1. The summed E-state index contributed by atoms with van der Waals surface area (Å²) in [6.07, 6.45) is 2.60. The predicted octanol–water partition coefficient (Wildman–Crippen LogP) is 1.66. The molecule has 1 unspecified atom stereocenters. The summed E-state index contributed by atoms with van der Waals surface area (Å²) in [5, 5.41) is 22.4. The van der Waals surface area contributed by atoms with Crippen molar-refractivity contribution in [3.05, 3.63) is 28.9 Å². The molecular formula is C19H24N6O3. The van der Waals surface area contributed by atoms with Crippen molar-refractivity contribution in [2.24, 2.45) is 7.05 Å². The maximum Gasteiger partial charge on any atom is 0.419 e. The van der Waals surface area contributed by atoms with Crippen LogP contribution in [0.3, 0.4) is 0 Å². The van der Waals surface area contributed by atoms with Crippen LogP contribution in [0.5, 0.6) is 5.75 Å². The lowest BCUT2D eigenvalue weighted by Gasteiger charge is -2.25. The number of phenolic OH excluding ortho intramolecular Hbond substituents is 1. The van der Waals surface area contributed by atoms with E-state index >= 15 is 0 Å². The van der Waals surface area contributed by atoms with Gasteiger partial charge in [-0.1, -0.05) is 0 Å². The third kappa shape index (κ3) is 3.45. The molecule has 1 aliphatic rings. The Kier molecular flexibility index (Phi) is 4.34. The standard InChI is InChI=1S/C19H24N6O3/c1-19(2,3)21-11-5-6-25(10-11)17-20-9-13(22-23-17)12-7-16-14(8-15(12)26)24(4)18(27)28-16/h7-9,11,21,26H,5-6,10H2,1-4H3. The van der Waals surface area contributed by atoms with Gasteiger partial charge in [-0.2, -0.15) is 0 Å². The van der Waals surface area contributed by atoms with Gasteiger partial charge >= 0.3 is 5.76 Å². The molecule has 1 aromatic carbocycles. The molecule has 2 aromatic heterocycles. The Morgan fingerprint density at radius 3 is 2.75 bits per heavy atom. The smallest absolute Gasteiger partial charge is 0.419 e. The van der Waals surface area contributed by atoms with E-state index in [1.165, 1.54) is 10.6 Å². The molecule has 1 saturated heterocycles. The molecule has 148 valence electrons. The molecule has 0 spiro atoms. The van der Waals surface area contributed by atoms with Gasteiger partial charge in [0.1, 0.15) is 11.4 Å². The molecule has 0 amide bonds. The fourth-order valence-corrected chi connectivity index (χ4v) is 3.58. The summed E-state index contributed by atoms with van der Waals surface area (Å²) < 4.78 is 6.52. The van der Waals surface area contributed by atoms with Crippen molar-refractivity contribution >= 4 is 17.0 Å². The van der Waals surface area contributed by atoms with Gasteiger partial charge in [0.25, 0.3) is 0 Å². The monoisotopic (exact) mass is 384 g/mol. The fourth-order valence-electron chi connectivity index (χ4n) is 3.58. The average molecular weight is 384 g/mol. The van der Waals surface area contributed by atoms with Gasteiger partial charge in [0, 0.05) is 43.3 Å². The normalized spacial score (nSPS) is 17.6. The molecule has 1 aliphatic heterocycles. The van der Waals surface area contributed by atoms with E-state index in [1.54, 1.807) is 19.3 Å². The first-order chi connectivity index (χ1) is 13.2. The first kappa shape index (κ1) is 18.4. The second kappa shape index (κ2) is 6.59. The van der Waals surface area contributed by atoms with E-state index < -0.39 is 5.76 Å². The molecule has 28 heavy (non-hydrogen) atoms. The predicted molar refractivity (Wildman–Crippen MR) is 105 cm³/mol. The zero-order chi connectivity index (χ0) is 20.1. The minimum absolute atomic E-state index is 0.0108. The zero-order valence-corrected chi connectivity index (χ0v) is 16.4. The summed E-state index contributed by atoms with van der Waals surface area (Å²) >= 11 is 0. The van der Waals surface area contributed by atoms with Gasteiger partial charge in [0.2, 0.25) is 5.95 Å². The van der Waals surface area contributed by atoms with Crippen molar-refractivity contribution in [3.63, 3.8) is 0 Å². The van der Waals surface area contributed by atoms with E-state index in [9.17, 15) is 9.90 Å². The highest BCUT2D eigenvalue weighted by Crippen LogP contribution is 2.31. The van der Waals surface area contributed by atoms with Gasteiger partial charge in [-0.15, -0.1) is 10.2 Å². The number of hydrogen-bond donors (Lipinski definition) is 2. The topological polar surface area (TPSA) is 109 Å². The van der Waals surface area contributed by atoms with Gasteiger partial charge in [-0.25, -0.2) is 9.78 Å². The van der Waals surface area contributed by atoms with E-state index in [4.69, 9.17) is 4.42 Å². The number of phenols is 1. The number of fused-ring (bicyclic) bond motifs is 1. The molecule has 0 radical (unpaired) electrons. The maximum absolute atomic E-state index is 11.7. The van der Waals surface area contributed by atoms with Gasteiger partial charge in [0.15, 0.2) is 5.58 Å². The van der Waals surface area contributed by atoms with Crippen LogP contribution in [0.15, 0.2) is 27.5 Å². The Morgan fingerprint density at radius 1 is 1.29 bits per heavy atom. The lowest BCUT2D eigenvalue weighted by atomic mass is 10.1. The van der Waals surface area contributed by atoms with Gasteiger partial charge < -0.3 is 19.7 Å². The van der Waals surface area contributed by atoms with E-state index in [-0.39, 0.29) is 11.3 Å². The van der Waals surface area contributed by atoms with E-state index in [0.29, 0.717) is 34.3 Å². The molecule has 9 nitrogen and oxygen atoms in total. The number of benzene rings is 1. The number of aromatic nitrogens is 4. The van der Waals surface area contributed by atoms with Crippen molar-refractivity contribution in [2.75, 3.05) is 18.0 Å². The van der Waals surface area contributed by atoms with Crippen LogP contribution in [0.2, 0.25) is 0 Å². The molecule has 0 saturated carbocycles. The second-order valence-corrected chi connectivity index (χ2v) is 8.23.